The van der Waals surface area contributed by atoms with Gasteiger partial charge in [-0.05, 0) is 0 Å². The Balaban J connectivity index is 3.26. The molecule has 3 nitrogen and oxygen atoms in total. The molecule has 54 valence electrons. The van der Waals surface area contributed by atoms with Crippen LogP contribution in [0.15, 0.2) is 0 Å². The zero-order valence-electron chi connectivity index (χ0n) is 5.13. The fourth-order valence-electron chi connectivity index (χ4n) is 0.413. The van der Waals surface area contributed by atoms with Gasteiger partial charge in [-0.15, -0.1) is 0 Å². The summed E-state index contributed by atoms with van der Waals surface area (Å²) in [7, 11) is 0. The summed E-state index contributed by atoms with van der Waals surface area (Å²) >= 11 is 4.79. The molecule has 0 aromatic heterocycles. The van der Waals surface area contributed by atoms with E-state index in [0.29, 0.717) is 6.42 Å². The van der Waals surface area contributed by atoms with Gasteiger partial charge in [0, 0.05) is 18.0 Å². The normalized spacial score (nSPS) is 12.8. The SMILES string of the molecule is CCCC(O)OC(=O)Cl. The highest BCUT2D eigenvalue weighted by Crippen LogP contribution is 2.00. The first-order valence-electron chi connectivity index (χ1n) is 2.71. The molecule has 0 fully saturated rings. The molecule has 0 radical (unpaired) electrons. The van der Waals surface area contributed by atoms with Gasteiger partial charge in [0.25, 0.3) is 0 Å². The molecule has 0 spiro atoms. The molecule has 9 heavy (non-hydrogen) atoms. The third-order valence-electron chi connectivity index (χ3n) is 0.764. The highest BCUT2D eigenvalue weighted by molar-refractivity contribution is 6.61. The summed E-state index contributed by atoms with van der Waals surface area (Å²) in [6.45, 7) is 1.87. The lowest BCUT2D eigenvalue weighted by atomic mass is 10.3. The van der Waals surface area contributed by atoms with Crippen molar-refractivity contribution in [2.75, 3.05) is 0 Å². The lowest BCUT2D eigenvalue weighted by molar-refractivity contribution is -0.0471. The molecule has 1 atom stereocenters. The van der Waals surface area contributed by atoms with Crippen molar-refractivity contribution in [2.24, 2.45) is 0 Å². The third-order valence-corrected chi connectivity index (χ3v) is 0.853. The first kappa shape index (κ1) is 8.72. The quantitative estimate of drug-likeness (QED) is 0.492. The maximum Gasteiger partial charge on any atom is 0.406 e. The van der Waals surface area contributed by atoms with Crippen LogP contribution >= 0.6 is 11.6 Å². The molecule has 0 bridgehead atoms. The predicted molar refractivity (Wildman–Crippen MR) is 33.2 cm³/mol. The zero-order valence-corrected chi connectivity index (χ0v) is 5.89. The van der Waals surface area contributed by atoms with E-state index in [0.717, 1.165) is 6.42 Å². The Morgan fingerprint density at radius 2 is 2.44 bits per heavy atom. The van der Waals surface area contributed by atoms with Crippen molar-refractivity contribution >= 4 is 17.0 Å². The number of carbonyl (C=O) groups excluding carboxylic acids is 1. The molecule has 0 aromatic rings. The molecule has 1 N–H and O–H groups in total. The Morgan fingerprint density at radius 3 is 2.78 bits per heavy atom. The molecule has 0 amide bonds. The van der Waals surface area contributed by atoms with Crippen molar-refractivity contribution < 1.29 is 14.6 Å². The summed E-state index contributed by atoms with van der Waals surface area (Å²) in [6, 6.07) is 0. The van der Waals surface area contributed by atoms with E-state index in [1.54, 1.807) is 0 Å². The van der Waals surface area contributed by atoms with Gasteiger partial charge in [-0.3, -0.25) is 0 Å². The average molecular weight is 153 g/mol. The second-order valence-electron chi connectivity index (χ2n) is 1.60. The lowest BCUT2D eigenvalue weighted by Crippen LogP contribution is -2.12. The average Bonchev–Trinajstić information content (AvgIpc) is 1.63. The smallest absolute Gasteiger partial charge is 0.406 e. The summed E-state index contributed by atoms with van der Waals surface area (Å²) in [5, 5.41) is 8.69. The van der Waals surface area contributed by atoms with Gasteiger partial charge < -0.3 is 9.84 Å². The molecule has 0 saturated carbocycles. The summed E-state index contributed by atoms with van der Waals surface area (Å²) in [4.78, 5) is 9.91. The first-order chi connectivity index (χ1) is 4.16. The second-order valence-corrected chi connectivity index (χ2v) is 1.91. The third kappa shape index (κ3) is 5.59. The van der Waals surface area contributed by atoms with Gasteiger partial charge in [0.15, 0.2) is 0 Å². The molecule has 4 heteroatoms. The van der Waals surface area contributed by atoms with Crippen LogP contribution in [0.2, 0.25) is 0 Å². The number of aliphatic hydroxyl groups excluding tert-OH is 1. The Hall–Kier alpha value is -0.280. The monoisotopic (exact) mass is 152 g/mol. The molecular formula is C5H9ClO3. The molecule has 0 rings (SSSR count). The van der Waals surface area contributed by atoms with Gasteiger partial charge >= 0.3 is 5.43 Å². The largest absolute Gasteiger partial charge is 0.424 e. The van der Waals surface area contributed by atoms with Crippen LogP contribution in [0.4, 0.5) is 4.79 Å². The Kier molecular flexibility index (Phi) is 4.44. The minimum absolute atomic E-state index is 0.429. The van der Waals surface area contributed by atoms with Crippen LogP contribution in [-0.2, 0) is 4.74 Å². The Labute approximate surface area is 58.6 Å². The van der Waals surface area contributed by atoms with Gasteiger partial charge in [-0.1, -0.05) is 13.3 Å². The van der Waals surface area contributed by atoms with Gasteiger partial charge in [0.1, 0.15) is 0 Å². The van der Waals surface area contributed by atoms with Crippen LogP contribution in [-0.4, -0.2) is 16.8 Å². The number of hydrogen-bond donors (Lipinski definition) is 1. The minimum Gasteiger partial charge on any atom is -0.424 e. The van der Waals surface area contributed by atoms with Crippen molar-refractivity contribution in [2.45, 2.75) is 26.1 Å². The fourth-order valence-corrected chi connectivity index (χ4v) is 0.516. The van der Waals surface area contributed by atoms with Crippen LogP contribution in [0.1, 0.15) is 19.8 Å². The van der Waals surface area contributed by atoms with E-state index < -0.39 is 11.7 Å². The second kappa shape index (κ2) is 4.58. The lowest BCUT2D eigenvalue weighted by Gasteiger charge is -2.06. The van der Waals surface area contributed by atoms with E-state index in [2.05, 4.69) is 4.74 Å². The van der Waals surface area contributed by atoms with Gasteiger partial charge in [-0.25, -0.2) is 4.79 Å². The Bertz CT molecular complexity index is 94.2. The van der Waals surface area contributed by atoms with Crippen LogP contribution < -0.4 is 0 Å². The van der Waals surface area contributed by atoms with E-state index in [9.17, 15) is 4.79 Å². The van der Waals surface area contributed by atoms with Crippen LogP contribution in [0.25, 0.3) is 0 Å². The highest BCUT2D eigenvalue weighted by Gasteiger charge is 2.05. The molecule has 0 heterocycles. The summed E-state index contributed by atoms with van der Waals surface area (Å²) in [5.74, 6) is 0. The van der Waals surface area contributed by atoms with Crippen molar-refractivity contribution in [1.82, 2.24) is 0 Å². The molecule has 0 aromatic carbocycles. The van der Waals surface area contributed by atoms with E-state index >= 15 is 0 Å². The number of ether oxygens (including phenoxy) is 1. The highest BCUT2D eigenvalue weighted by atomic mass is 35.5. The zero-order chi connectivity index (χ0) is 7.28. The topological polar surface area (TPSA) is 46.5 Å². The summed E-state index contributed by atoms with van der Waals surface area (Å²) in [6.07, 6.45) is 0.143. The van der Waals surface area contributed by atoms with Crippen molar-refractivity contribution in [3.63, 3.8) is 0 Å². The van der Waals surface area contributed by atoms with Crippen molar-refractivity contribution in [3.05, 3.63) is 0 Å². The van der Waals surface area contributed by atoms with Crippen LogP contribution in [0, 0.1) is 0 Å². The van der Waals surface area contributed by atoms with Gasteiger partial charge in [0.05, 0.1) is 0 Å². The van der Waals surface area contributed by atoms with E-state index in [4.69, 9.17) is 16.7 Å². The predicted octanol–water partition coefficient (Wildman–Crippen LogP) is 1.48. The number of aliphatic hydroxyl groups is 1. The van der Waals surface area contributed by atoms with Crippen molar-refractivity contribution in [1.29, 1.82) is 0 Å². The molecule has 0 aliphatic rings. The fraction of sp³-hybridized carbons (Fsp3) is 0.800. The van der Waals surface area contributed by atoms with E-state index in [1.807, 2.05) is 6.92 Å². The number of halogens is 1. The summed E-state index contributed by atoms with van der Waals surface area (Å²) < 4.78 is 4.17. The number of hydrogen-bond acceptors (Lipinski definition) is 3. The van der Waals surface area contributed by atoms with Gasteiger partial charge in [0.2, 0.25) is 6.29 Å². The molecule has 0 aliphatic carbocycles. The van der Waals surface area contributed by atoms with E-state index in [-0.39, 0.29) is 0 Å². The van der Waals surface area contributed by atoms with Crippen molar-refractivity contribution in [3.8, 4) is 0 Å². The van der Waals surface area contributed by atoms with Crippen LogP contribution in [0.5, 0.6) is 0 Å². The number of rotatable bonds is 3. The summed E-state index contributed by atoms with van der Waals surface area (Å²) in [5.41, 5.74) is -0.962. The standard InChI is InChI=1S/C5H9ClO3/c1-2-3-4(7)9-5(6)8/h4,7H,2-3H2,1H3. The van der Waals surface area contributed by atoms with Gasteiger partial charge in [-0.2, -0.15) is 0 Å². The molecule has 1 unspecified atom stereocenters. The number of carbonyl (C=O) groups is 1. The minimum atomic E-state index is -1.04. The van der Waals surface area contributed by atoms with Crippen LogP contribution in [0.3, 0.4) is 0 Å². The van der Waals surface area contributed by atoms with E-state index in [1.165, 1.54) is 0 Å². The Morgan fingerprint density at radius 1 is 1.89 bits per heavy atom. The first-order valence-corrected chi connectivity index (χ1v) is 3.08. The molecular weight excluding hydrogens is 144 g/mol. The molecule has 0 aliphatic heterocycles. The maximum absolute atomic E-state index is 9.91. The molecule has 0 saturated heterocycles. The maximum atomic E-state index is 9.91.